The second kappa shape index (κ2) is 8.16. The van der Waals surface area contributed by atoms with Crippen molar-refractivity contribution < 1.29 is 0 Å². The minimum Gasteiger partial charge on any atom is -0.370 e. The SMILES string of the molecule is CCNc1cccc(CN(CC(C)C)CC(C)C)n1. The Morgan fingerprint density at radius 3 is 2.26 bits per heavy atom. The van der Waals surface area contributed by atoms with E-state index in [2.05, 4.69) is 62.0 Å². The van der Waals surface area contributed by atoms with Gasteiger partial charge in [-0.15, -0.1) is 0 Å². The Balaban J connectivity index is 2.68. The summed E-state index contributed by atoms with van der Waals surface area (Å²) in [5.41, 5.74) is 1.15. The zero-order chi connectivity index (χ0) is 14.3. The zero-order valence-electron chi connectivity index (χ0n) is 13.1. The van der Waals surface area contributed by atoms with Crippen molar-refractivity contribution in [2.45, 2.75) is 41.2 Å². The van der Waals surface area contributed by atoms with E-state index >= 15 is 0 Å². The first-order valence-corrected chi connectivity index (χ1v) is 7.43. The molecule has 0 radical (unpaired) electrons. The highest BCUT2D eigenvalue weighted by atomic mass is 15.1. The van der Waals surface area contributed by atoms with Crippen LogP contribution in [0.15, 0.2) is 18.2 Å². The fraction of sp³-hybridized carbons (Fsp3) is 0.688. The Morgan fingerprint density at radius 1 is 1.11 bits per heavy atom. The number of anilines is 1. The molecule has 0 saturated heterocycles. The molecule has 0 fully saturated rings. The molecule has 0 aliphatic heterocycles. The van der Waals surface area contributed by atoms with Gasteiger partial charge in [-0.25, -0.2) is 4.98 Å². The molecule has 0 unspecified atom stereocenters. The first-order chi connectivity index (χ1) is 9.01. The summed E-state index contributed by atoms with van der Waals surface area (Å²) in [4.78, 5) is 7.17. The number of rotatable bonds is 8. The van der Waals surface area contributed by atoms with Crippen LogP contribution in [0.25, 0.3) is 0 Å². The molecule has 0 aliphatic carbocycles. The Morgan fingerprint density at radius 2 is 1.74 bits per heavy atom. The van der Waals surface area contributed by atoms with Crippen LogP contribution in [0, 0.1) is 11.8 Å². The van der Waals surface area contributed by atoms with Gasteiger partial charge in [-0.05, 0) is 30.9 Å². The second-order valence-corrected chi connectivity index (χ2v) is 6.03. The van der Waals surface area contributed by atoms with Gasteiger partial charge in [0.1, 0.15) is 5.82 Å². The largest absolute Gasteiger partial charge is 0.370 e. The first-order valence-electron chi connectivity index (χ1n) is 7.43. The molecule has 1 rings (SSSR count). The third-order valence-electron chi connectivity index (χ3n) is 2.80. The van der Waals surface area contributed by atoms with Crippen LogP contribution in [0.2, 0.25) is 0 Å². The predicted octanol–water partition coefficient (Wildman–Crippen LogP) is 3.63. The monoisotopic (exact) mass is 263 g/mol. The minimum atomic E-state index is 0.690. The fourth-order valence-electron chi connectivity index (χ4n) is 2.31. The van der Waals surface area contributed by atoms with Crippen LogP contribution in [-0.4, -0.2) is 29.5 Å². The third-order valence-corrected chi connectivity index (χ3v) is 2.80. The quantitative estimate of drug-likeness (QED) is 0.776. The van der Waals surface area contributed by atoms with Crippen LogP contribution in [0.4, 0.5) is 5.82 Å². The molecule has 1 aromatic rings. The van der Waals surface area contributed by atoms with Gasteiger partial charge in [-0.3, -0.25) is 4.90 Å². The number of hydrogen-bond donors (Lipinski definition) is 1. The van der Waals surface area contributed by atoms with Crippen molar-refractivity contribution in [3.8, 4) is 0 Å². The number of nitrogens with one attached hydrogen (secondary N) is 1. The minimum absolute atomic E-state index is 0.690. The molecule has 19 heavy (non-hydrogen) atoms. The van der Waals surface area contributed by atoms with Gasteiger partial charge in [0, 0.05) is 26.2 Å². The summed E-state index contributed by atoms with van der Waals surface area (Å²) in [7, 11) is 0. The maximum Gasteiger partial charge on any atom is 0.126 e. The molecule has 0 aliphatic rings. The molecule has 1 heterocycles. The topological polar surface area (TPSA) is 28.2 Å². The molecule has 3 heteroatoms. The average molecular weight is 263 g/mol. The van der Waals surface area contributed by atoms with E-state index in [4.69, 9.17) is 0 Å². The van der Waals surface area contributed by atoms with Gasteiger partial charge in [0.2, 0.25) is 0 Å². The molecule has 0 aromatic carbocycles. The molecule has 1 N–H and O–H groups in total. The van der Waals surface area contributed by atoms with Gasteiger partial charge in [0.25, 0.3) is 0 Å². The summed E-state index contributed by atoms with van der Waals surface area (Å²) in [5, 5.41) is 3.27. The van der Waals surface area contributed by atoms with Gasteiger partial charge in [-0.1, -0.05) is 33.8 Å². The van der Waals surface area contributed by atoms with Crippen LogP contribution in [0.1, 0.15) is 40.3 Å². The van der Waals surface area contributed by atoms with E-state index in [-0.39, 0.29) is 0 Å². The lowest BCUT2D eigenvalue weighted by molar-refractivity contribution is 0.209. The lowest BCUT2D eigenvalue weighted by atomic mass is 10.1. The highest BCUT2D eigenvalue weighted by Gasteiger charge is 2.11. The summed E-state index contributed by atoms with van der Waals surface area (Å²) in [6.07, 6.45) is 0. The molecule has 0 spiro atoms. The lowest BCUT2D eigenvalue weighted by Gasteiger charge is -2.25. The van der Waals surface area contributed by atoms with Crippen molar-refractivity contribution in [2.24, 2.45) is 11.8 Å². The molecule has 0 bridgehead atoms. The molecule has 0 saturated carbocycles. The highest BCUT2D eigenvalue weighted by molar-refractivity contribution is 5.34. The predicted molar refractivity (Wildman–Crippen MR) is 83.4 cm³/mol. The summed E-state index contributed by atoms with van der Waals surface area (Å²) in [6.45, 7) is 15.3. The van der Waals surface area contributed by atoms with E-state index in [0.29, 0.717) is 11.8 Å². The van der Waals surface area contributed by atoms with E-state index < -0.39 is 0 Å². The number of aromatic nitrogens is 1. The van der Waals surface area contributed by atoms with Crippen LogP contribution in [0.3, 0.4) is 0 Å². The van der Waals surface area contributed by atoms with Crippen LogP contribution >= 0.6 is 0 Å². The van der Waals surface area contributed by atoms with Gasteiger partial charge in [0.05, 0.1) is 5.69 Å². The summed E-state index contributed by atoms with van der Waals surface area (Å²) in [6, 6.07) is 6.24. The van der Waals surface area contributed by atoms with Gasteiger partial charge in [-0.2, -0.15) is 0 Å². The Bertz CT molecular complexity index is 351. The standard InChI is InChI=1S/C16H29N3/c1-6-17-16-9-7-8-15(18-16)12-19(10-13(2)3)11-14(4)5/h7-9,13-14H,6,10-12H2,1-5H3,(H,17,18). The average Bonchev–Trinajstić information content (AvgIpc) is 2.27. The fourth-order valence-corrected chi connectivity index (χ4v) is 2.31. The number of nitrogens with zero attached hydrogens (tertiary/aromatic N) is 2. The van der Waals surface area contributed by atoms with E-state index in [1.54, 1.807) is 0 Å². The van der Waals surface area contributed by atoms with E-state index in [0.717, 1.165) is 37.7 Å². The van der Waals surface area contributed by atoms with E-state index in [1.807, 2.05) is 6.07 Å². The maximum absolute atomic E-state index is 4.66. The molecule has 108 valence electrons. The smallest absolute Gasteiger partial charge is 0.126 e. The van der Waals surface area contributed by atoms with Gasteiger partial charge >= 0.3 is 0 Å². The van der Waals surface area contributed by atoms with E-state index in [9.17, 15) is 0 Å². The van der Waals surface area contributed by atoms with Crippen LogP contribution in [0.5, 0.6) is 0 Å². The normalized spacial score (nSPS) is 11.6. The van der Waals surface area contributed by atoms with Crippen LogP contribution < -0.4 is 5.32 Å². The van der Waals surface area contributed by atoms with Crippen molar-refractivity contribution in [1.29, 1.82) is 0 Å². The molecule has 3 nitrogen and oxygen atoms in total. The van der Waals surface area contributed by atoms with E-state index in [1.165, 1.54) is 0 Å². The number of pyridine rings is 1. The maximum atomic E-state index is 4.66. The third kappa shape index (κ3) is 6.58. The van der Waals surface area contributed by atoms with Gasteiger partial charge < -0.3 is 5.32 Å². The molecular formula is C16H29N3. The second-order valence-electron chi connectivity index (χ2n) is 6.03. The van der Waals surface area contributed by atoms with Crippen molar-refractivity contribution in [2.75, 3.05) is 25.0 Å². The first kappa shape index (κ1) is 16.0. The van der Waals surface area contributed by atoms with Crippen molar-refractivity contribution in [3.05, 3.63) is 23.9 Å². The van der Waals surface area contributed by atoms with Crippen molar-refractivity contribution in [3.63, 3.8) is 0 Å². The zero-order valence-corrected chi connectivity index (χ0v) is 13.1. The molecule has 0 atom stereocenters. The Kier molecular flexibility index (Phi) is 6.85. The Labute approximate surface area is 118 Å². The highest BCUT2D eigenvalue weighted by Crippen LogP contribution is 2.11. The van der Waals surface area contributed by atoms with Crippen molar-refractivity contribution >= 4 is 5.82 Å². The lowest BCUT2D eigenvalue weighted by Crippen LogP contribution is -2.31. The molecular weight excluding hydrogens is 234 g/mol. The van der Waals surface area contributed by atoms with Crippen molar-refractivity contribution in [1.82, 2.24) is 9.88 Å². The molecule has 0 amide bonds. The summed E-state index contributed by atoms with van der Waals surface area (Å²) >= 11 is 0. The number of hydrogen-bond acceptors (Lipinski definition) is 3. The summed E-state index contributed by atoms with van der Waals surface area (Å²) < 4.78 is 0. The van der Waals surface area contributed by atoms with Crippen LogP contribution in [-0.2, 0) is 6.54 Å². The Hall–Kier alpha value is -1.09. The summed E-state index contributed by atoms with van der Waals surface area (Å²) in [5.74, 6) is 2.36. The molecule has 1 aromatic heterocycles. The van der Waals surface area contributed by atoms with Gasteiger partial charge in [0.15, 0.2) is 0 Å².